The highest BCUT2D eigenvalue weighted by Crippen LogP contribution is 2.43. The van der Waals surface area contributed by atoms with Crippen LogP contribution in [0.2, 0.25) is 0 Å². The van der Waals surface area contributed by atoms with Gasteiger partial charge in [0.2, 0.25) is 0 Å². The number of ether oxygens (including phenoxy) is 1. The molecule has 1 aliphatic carbocycles. The molecule has 1 saturated carbocycles. The predicted molar refractivity (Wildman–Crippen MR) is 69.7 cm³/mol. The fraction of sp³-hybridized carbons (Fsp3) is 0.400. The van der Waals surface area contributed by atoms with Gasteiger partial charge in [0.05, 0.1) is 6.20 Å². The van der Waals surface area contributed by atoms with E-state index in [0.29, 0.717) is 17.3 Å². The Bertz CT molecular complexity index is 607. The van der Waals surface area contributed by atoms with E-state index in [4.69, 9.17) is 20.4 Å². The molecule has 0 unspecified atom stereocenters. The van der Waals surface area contributed by atoms with E-state index in [-0.39, 0.29) is 0 Å². The molecule has 1 aliphatic rings. The molecule has 0 spiro atoms. The SMILES string of the molecule is [B]C([B])(O)Oc1cc2ncc(Br)n2nc1C1CC1. The second-order valence-electron chi connectivity index (χ2n) is 4.37. The average Bonchev–Trinajstić information content (AvgIpc) is 3.03. The summed E-state index contributed by atoms with van der Waals surface area (Å²) < 4.78 is 7.54. The van der Waals surface area contributed by atoms with Crippen molar-refractivity contribution in [2.45, 2.75) is 24.3 Å². The van der Waals surface area contributed by atoms with Crippen molar-refractivity contribution in [1.82, 2.24) is 14.6 Å². The molecule has 1 fully saturated rings. The van der Waals surface area contributed by atoms with E-state index in [1.54, 1.807) is 16.8 Å². The lowest BCUT2D eigenvalue weighted by Crippen LogP contribution is -2.37. The molecule has 0 atom stereocenters. The van der Waals surface area contributed by atoms with Crippen molar-refractivity contribution in [3.05, 3.63) is 22.6 Å². The summed E-state index contributed by atoms with van der Waals surface area (Å²) in [7, 11) is 10.5. The van der Waals surface area contributed by atoms with Crippen molar-refractivity contribution < 1.29 is 9.84 Å². The number of hydrogen-bond donors (Lipinski definition) is 1. The van der Waals surface area contributed by atoms with Gasteiger partial charge in [-0.25, -0.2) is 9.50 Å². The lowest BCUT2D eigenvalue weighted by atomic mass is 9.76. The summed E-state index contributed by atoms with van der Waals surface area (Å²) in [5.41, 5.74) is -0.894. The molecule has 2 heterocycles. The Hall–Kier alpha value is -1.01. The molecular weight excluding hydrogens is 296 g/mol. The molecule has 2 aromatic rings. The number of imidazole rings is 1. The van der Waals surface area contributed by atoms with Crippen LogP contribution in [-0.2, 0) is 0 Å². The lowest BCUT2D eigenvalue weighted by Gasteiger charge is -2.22. The zero-order chi connectivity index (χ0) is 12.9. The van der Waals surface area contributed by atoms with Crippen molar-refractivity contribution in [2.75, 3.05) is 0 Å². The zero-order valence-electron chi connectivity index (χ0n) is 9.38. The normalized spacial score (nSPS) is 16.1. The molecule has 2 aromatic heterocycles. The number of hydrogen-bond acceptors (Lipinski definition) is 4. The van der Waals surface area contributed by atoms with E-state index < -0.39 is 5.59 Å². The van der Waals surface area contributed by atoms with E-state index in [0.717, 1.165) is 23.1 Å². The van der Waals surface area contributed by atoms with Gasteiger partial charge in [0.15, 0.2) is 21.3 Å². The van der Waals surface area contributed by atoms with Gasteiger partial charge in [0.1, 0.15) is 21.6 Å². The molecule has 0 aromatic carbocycles. The Labute approximate surface area is 114 Å². The summed E-state index contributed by atoms with van der Waals surface area (Å²) in [6, 6.07) is 1.66. The Morgan fingerprint density at radius 3 is 2.83 bits per heavy atom. The maximum absolute atomic E-state index is 9.34. The van der Waals surface area contributed by atoms with Crippen LogP contribution < -0.4 is 4.74 Å². The minimum absolute atomic E-state index is 0.320. The third-order valence-corrected chi connectivity index (χ3v) is 3.22. The first-order valence-corrected chi connectivity index (χ1v) is 6.27. The van der Waals surface area contributed by atoms with Crippen LogP contribution in [0.5, 0.6) is 5.75 Å². The van der Waals surface area contributed by atoms with Gasteiger partial charge in [0.25, 0.3) is 0 Å². The third-order valence-electron chi connectivity index (χ3n) is 2.68. The Kier molecular flexibility index (Phi) is 2.67. The summed E-state index contributed by atoms with van der Waals surface area (Å²) in [4.78, 5) is 4.14. The molecule has 0 aliphatic heterocycles. The quantitative estimate of drug-likeness (QED) is 0.669. The van der Waals surface area contributed by atoms with Gasteiger partial charge >= 0.3 is 0 Å². The fourth-order valence-corrected chi connectivity index (χ4v) is 2.14. The molecule has 1 N–H and O–H groups in total. The summed E-state index contributed by atoms with van der Waals surface area (Å²) in [6.07, 6.45) is 3.71. The number of nitrogens with zero attached hydrogens (tertiary/aromatic N) is 3. The minimum Gasteiger partial charge on any atom is -0.480 e. The zero-order valence-corrected chi connectivity index (χ0v) is 11.0. The Balaban J connectivity index is 2.12. The first kappa shape index (κ1) is 12.0. The summed E-state index contributed by atoms with van der Waals surface area (Å²) in [6.45, 7) is 0. The van der Waals surface area contributed by atoms with Gasteiger partial charge in [-0.1, -0.05) is 0 Å². The fourth-order valence-electron chi connectivity index (χ4n) is 1.78. The van der Waals surface area contributed by atoms with Crippen LogP contribution in [0, 0.1) is 0 Å². The number of halogens is 1. The molecule has 0 amide bonds. The van der Waals surface area contributed by atoms with Crippen molar-refractivity contribution in [3.63, 3.8) is 0 Å². The third kappa shape index (κ3) is 2.26. The predicted octanol–water partition coefficient (Wildman–Crippen LogP) is 0.689. The smallest absolute Gasteiger partial charge is 0.158 e. The van der Waals surface area contributed by atoms with Crippen LogP contribution in [0.15, 0.2) is 16.9 Å². The molecule has 8 heteroatoms. The molecule has 0 bridgehead atoms. The minimum atomic E-state index is -2.21. The van der Waals surface area contributed by atoms with Crippen LogP contribution in [0.3, 0.4) is 0 Å². The van der Waals surface area contributed by atoms with Gasteiger partial charge in [-0.15, -0.1) is 0 Å². The maximum Gasteiger partial charge on any atom is 0.158 e. The molecule has 3 rings (SSSR count). The van der Waals surface area contributed by atoms with Crippen molar-refractivity contribution in [1.29, 1.82) is 0 Å². The first-order valence-electron chi connectivity index (χ1n) is 5.47. The van der Waals surface area contributed by atoms with Crippen LogP contribution in [-0.4, -0.2) is 41.0 Å². The average molecular weight is 304 g/mol. The van der Waals surface area contributed by atoms with Gasteiger partial charge in [0, 0.05) is 12.0 Å². The number of fused-ring (bicyclic) bond motifs is 1. The van der Waals surface area contributed by atoms with Crippen LogP contribution in [0.25, 0.3) is 5.65 Å². The summed E-state index contributed by atoms with van der Waals surface area (Å²) in [5.74, 6) is 0.691. The van der Waals surface area contributed by atoms with E-state index in [1.165, 1.54) is 0 Å². The topological polar surface area (TPSA) is 59.7 Å². The van der Waals surface area contributed by atoms with Gasteiger partial charge in [-0.3, -0.25) is 0 Å². The monoisotopic (exact) mass is 303 g/mol. The van der Waals surface area contributed by atoms with Crippen LogP contribution in [0.1, 0.15) is 24.5 Å². The van der Waals surface area contributed by atoms with E-state index in [9.17, 15) is 5.11 Å². The second kappa shape index (κ2) is 3.99. The number of aliphatic hydroxyl groups is 1. The molecular formula is C10H8B2BrN3O2. The summed E-state index contributed by atoms with van der Waals surface area (Å²) in [5, 5.41) is 13.8. The lowest BCUT2D eigenvalue weighted by molar-refractivity contribution is 0.0116. The van der Waals surface area contributed by atoms with Crippen molar-refractivity contribution in [2.24, 2.45) is 0 Å². The Morgan fingerprint density at radius 2 is 2.22 bits per heavy atom. The highest BCUT2D eigenvalue weighted by molar-refractivity contribution is 9.10. The van der Waals surface area contributed by atoms with E-state index >= 15 is 0 Å². The van der Waals surface area contributed by atoms with Gasteiger partial charge in [-0.05, 0) is 28.8 Å². The number of aromatic nitrogens is 3. The van der Waals surface area contributed by atoms with Crippen LogP contribution in [0.4, 0.5) is 0 Å². The molecule has 4 radical (unpaired) electrons. The number of rotatable bonds is 3. The Morgan fingerprint density at radius 1 is 1.50 bits per heavy atom. The largest absolute Gasteiger partial charge is 0.480 e. The van der Waals surface area contributed by atoms with Crippen LogP contribution >= 0.6 is 15.9 Å². The van der Waals surface area contributed by atoms with Crippen molar-refractivity contribution in [3.8, 4) is 5.75 Å². The van der Waals surface area contributed by atoms with E-state index in [1.807, 2.05) is 0 Å². The highest BCUT2D eigenvalue weighted by Gasteiger charge is 2.31. The standard InChI is InChI=1S/C10H8B2BrN3O2/c11-10(12,17)18-6-3-8-14-4-7(13)16(8)15-9(6)5-1-2-5/h3-5,17H,1-2H2. The molecule has 18 heavy (non-hydrogen) atoms. The first-order chi connectivity index (χ1) is 8.44. The summed E-state index contributed by atoms with van der Waals surface area (Å²) >= 11 is 3.35. The molecule has 5 nitrogen and oxygen atoms in total. The molecule has 88 valence electrons. The van der Waals surface area contributed by atoms with Crippen molar-refractivity contribution >= 4 is 37.3 Å². The maximum atomic E-state index is 9.34. The van der Waals surface area contributed by atoms with Gasteiger partial charge < -0.3 is 9.84 Å². The van der Waals surface area contributed by atoms with Gasteiger partial charge in [-0.2, -0.15) is 5.10 Å². The highest BCUT2D eigenvalue weighted by atomic mass is 79.9. The van der Waals surface area contributed by atoms with E-state index in [2.05, 4.69) is 26.0 Å². The molecule has 0 saturated heterocycles. The second-order valence-corrected chi connectivity index (χ2v) is 5.19.